The van der Waals surface area contributed by atoms with Gasteiger partial charge in [0.15, 0.2) is 0 Å². The molecule has 0 N–H and O–H groups in total. The third kappa shape index (κ3) is 3.87. The first-order chi connectivity index (χ1) is 9.78. The Labute approximate surface area is 124 Å². The Morgan fingerprint density at radius 1 is 1.24 bits per heavy atom. The highest BCUT2D eigenvalue weighted by atomic mass is 32.2. The zero-order chi connectivity index (χ0) is 15.6. The molecule has 0 amide bonds. The molecule has 7 heteroatoms. The van der Waals surface area contributed by atoms with Crippen LogP contribution in [-0.2, 0) is 0 Å². The first-order valence-electron chi connectivity index (χ1n) is 6.20. The average molecular weight is 314 g/mol. The largest absolute Gasteiger partial charge is 0.446 e. The van der Waals surface area contributed by atoms with Gasteiger partial charge in [0.2, 0.25) is 5.78 Å². The first-order valence-corrected chi connectivity index (χ1v) is 7.02. The number of carbonyl (C=O) groups excluding carboxylic acids is 1. The quantitative estimate of drug-likeness (QED) is 0.623. The van der Waals surface area contributed by atoms with Crippen LogP contribution < -0.4 is 0 Å². The van der Waals surface area contributed by atoms with Crippen molar-refractivity contribution in [2.45, 2.75) is 30.3 Å². The van der Waals surface area contributed by atoms with Crippen LogP contribution in [0.5, 0.6) is 0 Å². The molecular weight excluding hydrogens is 301 g/mol. The van der Waals surface area contributed by atoms with E-state index in [9.17, 15) is 18.0 Å². The normalized spacial score (nSPS) is 11.9. The smallest absolute Gasteiger partial charge is 0.325 e. The van der Waals surface area contributed by atoms with E-state index in [1.165, 1.54) is 30.5 Å². The highest BCUT2D eigenvalue weighted by Gasteiger charge is 2.29. The molecule has 2 aromatic rings. The zero-order valence-corrected chi connectivity index (χ0v) is 12.2. The van der Waals surface area contributed by atoms with Crippen molar-refractivity contribution in [3.8, 4) is 0 Å². The third-order valence-corrected chi connectivity index (χ3v) is 3.54. The van der Waals surface area contributed by atoms with Crippen LogP contribution in [0.15, 0.2) is 41.7 Å². The molecule has 2 rings (SSSR count). The number of aromatic nitrogens is 2. The predicted molar refractivity (Wildman–Crippen MR) is 74.4 cm³/mol. The van der Waals surface area contributed by atoms with Crippen molar-refractivity contribution in [2.75, 3.05) is 0 Å². The second kappa shape index (κ2) is 5.93. The predicted octanol–water partition coefficient (Wildman–Crippen LogP) is 4.31. The summed E-state index contributed by atoms with van der Waals surface area (Å²) in [5, 5.41) is 0. The number of hydrogen-bond acceptors (Lipinski definition) is 3. The molecule has 1 aromatic heterocycles. The van der Waals surface area contributed by atoms with Crippen molar-refractivity contribution >= 4 is 17.5 Å². The summed E-state index contributed by atoms with van der Waals surface area (Å²) in [6.45, 7) is 3.84. The van der Waals surface area contributed by atoms with Gasteiger partial charge in [-0.15, -0.1) is 0 Å². The number of ketones is 1. The molecule has 0 aliphatic rings. The molecule has 112 valence electrons. The molecular formula is C14H13F3N2OS. The third-order valence-electron chi connectivity index (χ3n) is 2.81. The van der Waals surface area contributed by atoms with Gasteiger partial charge < -0.3 is 4.57 Å². The molecule has 1 heterocycles. The fourth-order valence-corrected chi connectivity index (χ4v) is 2.39. The van der Waals surface area contributed by atoms with Crippen LogP contribution in [0.25, 0.3) is 0 Å². The summed E-state index contributed by atoms with van der Waals surface area (Å²) in [6, 6.07) is 5.46. The van der Waals surface area contributed by atoms with E-state index in [0.717, 1.165) is 0 Å². The number of nitrogens with zero attached hydrogens (tertiary/aromatic N) is 2. The van der Waals surface area contributed by atoms with Gasteiger partial charge in [0, 0.05) is 16.5 Å². The number of hydrogen-bond donors (Lipinski definition) is 0. The summed E-state index contributed by atoms with van der Waals surface area (Å²) in [7, 11) is 0. The molecule has 0 saturated heterocycles. The molecule has 21 heavy (non-hydrogen) atoms. The summed E-state index contributed by atoms with van der Waals surface area (Å²) in [5.74, 6) is -0.259. The highest BCUT2D eigenvalue weighted by Crippen LogP contribution is 2.36. The van der Waals surface area contributed by atoms with Gasteiger partial charge in [-0.2, -0.15) is 13.2 Å². The summed E-state index contributed by atoms with van der Waals surface area (Å²) in [5.41, 5.74) is -3.58. The fourth-order valence-electron chi connectivity index (χ4n) is 1.85. The Morgan fingerprint density at radius 2 is 1.86 bits per heavy atom. The lowest BCUT2D eigenvalue weighted by Gasteiger charge is -2.11. The summed E-state index contributed by atoms with van der Waals surface area (Å²) < 4.78 is 38.5. The van der Waals surface area contributed by atoms with Crippen LogP contribution in [0.1, 0.15) is 35.9 Å². The zero-order valence-electron chi connectivity index (χ0n) is 11.4. The van der Waals surface area contributed by atoms with E-state index in [-0.39, 0.29) is 28.5 Å². The number of carbonyl (C=O) groups is 1. The molecule has 0 radical (unpaired) electrons. The molecule has 3 nitrogen and oxygen atoms in total. The van der Waals surface area contributed by atoms with Gasteiger partial charge in [0.05, 0.1) is 12.5 Å². The van der Waals surface area contributed by atoms with E-state index < -0.39 is 5.51 Å². The lowest BCUT2D eigenvalue weighted by Crippen LogP contribution is -2.11. The Kier molecular flexibility index (Phi) is 4.41. The van der Waals surface area contributed by atoms with Crippen LogP contribution in [0.3, 0.4) is 0 Å². The Hall–Kier alpha value is -1.76. The molecule has 0 bridgehead atoms. The van der Waals surface area contributed by atoms with Crippen molar-refractivity contribution in [1.29, 1.82) is 0 Å². The first kappa shape index (κ1) is 15.6. The topological polar surface area (TPSA) is 34.9 Å². The maximum Gasteiger partial charge on any atom is 0.446 e. The molecule has 0 fully saturated rings. The minimum Gasteiger partial charge on any atom is -0.325 e. The molecule has 0 aliphatic heterocycles. The lowest BCUT2D eigenvalue weighted by molar-refractivity contribution is -0.0328. The molecule has 1 aromatic carbocycles. The fraction of sp³-hybridized carbons (Fsp3) is 0.286. The van der Waals surface area contributed by atoms with Crippen molar-refractivity contribution < 1.29 is 18.0 Å². The second-order valence-corrected chi connectivity index (χ2v) is 5.82. The average Bonchev–Trinajstić information content (AvgIpc) is 2.86. The number of thioether (sulfide) groups is 1. The molecule has 0 aliphatic carbocycles. The lowest BCUT2D eigenvalue weighted by atomic mass is 10.1. The number of benzene rings is 1. The van der Waals surface area contributed by atoms with Gasteiger partial charge in [-0.25, -0.2) is 4.98 Å². The van der Waals surface area contributed by atoms with Gasteiger partial charge in [0.25, 0.3) is 0 Å². The van der Waals surface area contributed by atoms with Crippen LogP contribution >= 0.6 is 11.8 Å². The number of alkyl halides is 3. The maximum absolute atomic E-state index is 12.3. The van der Waals surface area contributed by atoms with Crippen LogP contribution in [0.2, 0.25) is 0 Å². The molecule has 0 unspecified atom stereocenters. The van der Waals surface area contributed by atoms with Gasteiger partial charge >= 0.3 is 5.51 Å². The Morgan fingerprint density at radius 3 is 2.38 bits per heavy atom. The minimum absolute atomic E-state index is 0.0522. The summed E-state index contributed by atoms with van der Waals surface area (Å²) in [4.78, 5) is 16.3. The monoisotopic (exact) mass is 314 g/mol. The van der Waals surface area contributed by atoms with E-state index in [1.54, 1.807) is 10.9 Å². The SMILES string of the molecule is CC(C)n1cncc1C(=O)c1ccc(SC(F)(F)F)cc1. The van der Waals surface area contributed by atoms with Crippen molar-refractivity contribution in [3.63, 3.8) is 0 Å². The Bertz CT molecular complexity index is 632. The van der Waals surface area contributed by atoms with Gasteiger partial charge in [0.1, 0.15) is 5.69 Å². The van der Waals surface area contributed by atoms with E-state index in [2.05, 4.69) is 4.98 Å². The van der Waals surface area contributed by atoms with Gasteiger partial charge in [-0.3, -0.25) is 4.79 Å². The summed E-state index contributed by atoms with van der Waals surface area (Å²) in [6.07, 6.45) is 3.02. The Balaban J connectivity index is 2.22. The van der Waals surface area contributed by atoms with Crippen LogP contribution in [-0.4, -0.2) is 20.8 Å². The standard InChI is InChI=1S/C14H13F3N2OS/c1-9(2)19-8-18-7-12(19)13(20)10-3-5-11(6-4-10)21-14(15,16)17/h3-9H,1-2H3. The maximum atomic E-state index is 12.3. The van der Waals surface area contributed by atoms with Crippen LogP contribution in [0, 0.1) is 0 Å². The van der Waals surface area contributed by atoms with Crippen LogP contribution in [0.4, 0.5) is 13.2 Å². The van der Waals surface area contributed by atoms with E-state index in [1.807, 2.05) is 13.8 Å². The van der Waals surface area contributed by atoms with E-state index in [0.29, 0.717) is 11.3 Å². The number of rotatable bonds is 4. The molecule has 0 atom stereocenters. The van der Waals surface area contributed by atoms with Crippen molar-refractivity contribution in [1.82, 2.24) is 9.55 Å². The number of halogens is 3. The summed E-state index contributed by atoms with van der Waals surface area (Å²) >= 11 is -0.202. The van der Waals surface area contributed by atoms with E-state index in [4.69, 9.17) is 0 Å². The van der Waals surface area contributed by atoms with Crippen molar-refractivity contribution in [3.05, 3.63) is 48.0 Å². The van der Waals surface area contributed by atoms with Gasteiger partial charge in [-0.05, 0) is 49.9 Å². The van der Waals surface area contributed by atoms with Crippen molar-refractivity contribution in [2.24, 2.45) is 0 Å². The van der Waals surface area contributed by atoms with Gasteiger partial charge in [-0.1, -0.05) is 0 Å². The van der Waals surface area contributed by atoms with E-state index >= 15 is 0 Å². The minimum atomic E-state index is -4.33. The highest BCUT2D eigenvalue weighted by molar-refractivity contribution is 8.00. The second-order valence-electron chi connectivity index (χ2n) is 4.68. The molecule has 0 saturated carbocycles. The molecule has 0 spiro atoms. The number of imidazole rings is 1.